The fourth-order valence-corrected chi connectivity index (χ4v) is 1.79. The van der Waals surface area contributed by atoms with E-state index < -0.39 is 5.41 Å². The molecule has 100 valence electrons. The summed E-state index contributed by atoms with van der Waals surface area (Å²) in [4.78, 5) is 12.0. The highest BCUT2D eigenvalue weighted by Gasteiger charge is 2.31. The molecule has 0 atom stereocenters. The molecule has 1 aromatic rings. The predicted molar refractivity (Wildman–Crippen MR) is 72.2 cm³/mol. The van der Waals surface area contributed by atoms with Crippen LogP contribution in [-0.4, -0.2) is 24.1 Å². The lowest BCUT2D eigenvalue weighted by molar-refractivity contribution is -0.135. The number of amides is 1. The van der Waals surface area contributed by atoms with Crippen LogP contribution in [-0.2, 0) is 10.2 Å². The fourth-order valence-electron chi connectivity index (χ4n) is 1.79. The number of carbonyl (C=O) groups is 1. The third-order valence-electron chi connectivity index (χ3n) is 2.80. The molecule has 1 amide bonds. The van der Waals surface area contributed by atoms with E-state index in [2.05, 4.69) is 0 Å². The molecule has 0 spiro atoms. The molecule has 0 saturated heterocycles. The summed E-state index contributed by atoms with van der Waals surface area (Å²) in [5, 5.41) is 1.12. The predicted octanol–water partition coefficient (Wildman–Crippen LogP) is 2.08. The van der Waals surface area contributed by atoms with Crippen LogP contribution in [0.4, 0.5) is 0 Å². The number of nitrogens with two attached hydrogens (primary N) is 1. The van der Waals surface area contributed by atoms with Crippen LogP contribution in [0.3, 0.4) is 0 Å². The second-order valence-corrected chi connectivity index (χ2v) is 5.23. The van der Waals surface area contributed by atoms with Crippen LogP contribution < -0.4 is 10.6 Å². The summed E-state index contributed by atoms with van der Waals surface area (Å²) < 4.78 is 5.57. The normalized spacial score (nSPS) is 11.5. The second kappa shape index (κ2) is 5.40. The molecule has 0 aliphatic heterocycles. The van der Waals surface area contributed by atoms with Gasteiger partial charge in [-0.15, -0.1) is 0 Å². The zero-order chi connectivity index (χ0) is 13.9. The van der Waals surface area contributed by atoms with E-state index in [1.807, 2.05) is 52.0 Å². The van der Waals surface area contributed by atoms with Crippen molar-refractivity contribution in [3.8, 4) is 5.75 Å². The van der Waals surface area contributed by atoms with Gasteiger partial charge in [0, 0.05) is 7.05 Å². The van der Waals surface area contributed by atoms with Gasteiger partial charge in [-0.25, -0.2) is 5.84 Å². The van der Waals surface area contributed by atoms with Gasteiger partial charge in [0.25, 0.3) is 0 Å². The lowest BCUT2D eigenvalue weighted by atomic mass is 9.83. The maximum absolute atomic E-state index is 12.0. The van der Waals surface area contributed by atoms with Crippen LogP contribution in [0, 0.1) is 0 Å². The Balaban J connectivity index is 2.94. The topological polar surface area (TPSA) is 55.6 Å². The lowest BCUT2D eigenvalue weighted by Crippen LogP contribution is -2.44. The van der Waals surface area contributed by atoms with Crippen LogP contribution in [0.1, 0.15) is 33.3 Å². The van der Waals surface area contributed by atoms with Gasteiger partial charge in [0.15, 0.2) is 0 Å². The van der Waals surface area contributed by atoms with E-state index in [4.69, 9.17) is 10.6 Å². The van der Waals surface area contributed by atoms with Gasteiger partial charge in [-0.05, 0) is 45.4 Å². The molecule has 0 radical (unpaired) electrons. The van der Waals surface area contributed by atoms with Crippen LogP contribution in [0.15, 0.2) is 24.3 Å². The summed E-state index contributed by atoms with van der Waals surface area (Å²) in [5.74, 6) is 6.19. The van der Waals surface area contributed by atoms with Crippen molar-refractivity contribution in [2.24, 2.45) is 5.84 Å². The van der Waals surface area contributed by atoms with Crippen molar-refractivity contribution in [1.29, 1.82) is 0 Å². The van der Waals surface area contributed by atoms with E-state index in [0.29, 0.717) is 0 Å². The number of carbonyl (C=O) groups excluding carboxylic acids is 1. The maximum Gasteiger partial charge on any atom is 0.246 e. The Bertz CT molecular complexity index is 408. The van der Waals surface area contributed by atoms with Crippen molar-refractivity contribution in [2.45, 2.75) is 39.2 Å². The molecule has 0 bridgehead atoms. The van der Waals surface area contributed by atoms with Crippen molar-refractivity contribution in [2.75, 3.05) is 7.05 Å². The summed E-state index contributed by atoms with van der Waals surface area (Å²) in [6.07, 6.45) is 0.140. The summed E-state index contributed by atoms with van der Waals surface area (Å²) in [7, 11) is 1.56. The first kappa shape index (κ1) is 14.5. The molecule has 4 heteroatoms. The molecule has 4 nitrogen and oxygen atoms in total. The number of ether oxygens (including phenoxy) is 1. The van der Waals surface area contributed by atoms with Gasteiger partial charge >= 0.3 is 0 Å². The minimum Gasteiger partial charge on any atom is -0.491 e. The lowest BCUT2D eigenvalue weighted by Gasteiger charge is -2.27. The van der Waals surface area contributed by atoms with E-state index in [1.54, 1.807) is 7.05 Å². The highest BCUT2D eigenvalue weighted by Crippen LogP contribution is 2.26. The van der Waals surface area contributed by atoms with Gasteiger partial charge in [-0.2, -0.15) is 0 Å². The SMILES string of the molecule is CC(C)Oc1ccc(C(C)(C)C(=O)N(C)N)cc1. The second-order valence-electron chi connectivity index (χ2n) is 5.23. The summed E-state index contributed by atoms with van der Waals surface area (Å²) >= 11 is 0. The average Bonchev–Trinajstić information content (AvgIpc) is 2.27. The van der Waals surface area contributed by atoms with Gasteiger partial charge in [0.1, 0.15) is 5.75 Å². The minimum absolute atomic E-state index is 0.125. The van der Waals surface area contributed by atoms with E-state index >= 15 is 0 Å². The quantitative estimate of drug-likeness (QED) is 0.505. The van der Waals surface area contributed by atoms with Crippen molar-refractivity contribution in [1.82, 2.24) is 5.01 Å². The van der Waals surface area contributed by atoms with Crippen molar-refractivity contribution in [3.05, 3.63) is 29.8 Å². The molecule has 18 heavy (non-hydrogen) atoms. The number of hydrazine groups is 1. The molecule has 0 aliphatic carbocycles. The molecule has 1 aromatic carbocycles. The van der Waals surface area contributed by atoms with E-state index in [9.17, 15) is 4.79 Å². The number of nitrogens with zero attached hydrogens (tertiary/aromatic N) is 1. The van der Waals surface area contributed by atoms with Crippen LogP contribution in [0.2, 0.25) is 0 Å². The summed E-state index contributed by atoms with van der Waals surface area (Å²) in [6, 6.07) is 7.56. The first-order chi connectivity index (χ1) is 8.25. The van der Waals surface area contributed by atoms with E-state index in [-0.39, 0.29) is 12.0 Å². The Morgan fingerprint density at radius 1 is 1.28 bits per heavy atom. The number of likely N-dealkylation sites (N-methyl/N-ethyl adjacent to an activating group) is 1. The Hall–Kier alpha value is -1.55. The molecule has 0 saturated carbocycles. The summed E-state index contributed by atoms with van der Waals surface area (Å²) in [5.41, 5.74) is 0.278. The van der Waals surface area contributed by atoms with Crippen LogP contribution in [0.5, 0.6) is 5.75 Å². The zero-order valence-electron chi connectivity index (χ0n) is 11.7. The molecular formula is C14H22N2O2. The van der Waals surface area contributed by atoms with Gasteiger partial charge in [-0.1, -0.05) is 12.1 Å². The monoisotopic (exact) mass is 250 g/mol. The van der Waals surface area contributed by atoms with Gasteiger partial charge in [-0.3, -0.25) is 9.80 Å². The first-order valence-corrected chi connectivity index (χ1v) is 6.05. The fraction of sp³-hybridized carbons (Fsp3) is 0.500. The number of benzene rings is 1. The molecule has 0 aliphatic rings. The third kappa shape index (κ3) is 3.23. The van der Waals surface area contributed by atoms with Crippen molar-refractivity contribution in [3.63, 3.8) is 0 Å². The van der Waals surface area contributed by atoms with E-state index in [0.717, 1.165) is 16.3 Å². The molecular weight excluding hydrogens is 228 g/mol. The number of hydrogen-bond acceptors (Lipinski definition) is 3. The molecule has 0 aromatic heterocycles. The maximum atomic E-state index is 12.0. The van der Waals surface area contributed by atoms with Gasteiger partial charge < -0.3 is 4.74 Å². The molecule has 2 N–H and O–H groups in total. The number of hydrogen-bond donors (Lipinski definition) is 1. The molecule has 0 unspecified atom stereocenters. The van der Waals surface area contributed by atoms with Crippen LogP contribution in [0.25, 0.3) is 0 Å². The Labute approximate surface area is 109 Å². The van der Waals surface area contributed by atoms with Gasteiger partial charge in [0.05, 0.1) is 11.5 Å². The molecule has 0 heterocycles. The van der Waals surface area contributed by atoms with Crippen LogP contribution >= 0.6 is 0 Å². The minimum atomic E-state index is -0.639. The molecule has 1 rings (SSSR count). The largest absolute Gasteiger partial charge is 0.491 e. The standard InChI is InChI=1S/C14H22N2O2/c1-10(2)18-12-8-6-11(7-9-12)14(3,4)13(17)16(5)15/h6-10H,15H2,1-5H3. The third-order valence-corrected chi connectivity index (χ3v) is 2.80. The molecule has 0 fully saturated rings. The highest BCUT2D eigenvalue weighted by atomic mass is 16.5. The summed E-state index contributed by atoms with van der Waals surface area (Å²) in [6.45, 7) is 7.67. The average molecular weight is 250 g/mol. The Kier molecular flexibility index (Phi) is 4.35. The van der Waals surface area contributed by atoms with E-state index in [1.165, 1.54) is 0 Å². The van der Waals surface area contributed by atoms with Crippen molar-refractivity contribution >= 4 is 5.91 Å². The zero-order valence-corrected chi connectivity index (χ0v) is 11.7. The Morgan fingerprint density at radius 3 is 2.17 bits per heavy atom. The smallest absolute Gasteiger partial charge is 0.246 e. The number of rotatable bonds is 4. The Morgan fingerprint density at radius 2 is 1.78 bits per heavy atom. The highest BCUT2D eigenvalue weighted by molar-refractivity contribution is 5.86. The van der Waals surface area contributed by atoms with Crippen molar-refractivity contribution < 1.29 is 9.53 Å². The first-order valence-electron chi connectivity index (χ1n) is 6.05. The van der Waals surface area contributed by atoms with Gasteiger partial charge in [0.2, 0.25) is 5.91 Å².